The molecule has 4 heteroatoms. The van der Waals surface area contributed by atoms with Crippen molar-refractivity contribution in [2.45, 2.75) is 25.4 Å². The number of likely N-dealkylation sites (tertiary alicyclic amines) is 1. The highest BCUT2D eigenvalue weighted by Crippen LogP contribution is 2.15. The van der Waals surface area contributed by atoms with Gasteiger partial charge >= 0.3 is 0 Å². The molecule has 0 aromatic heterocycles. The van der Waals surface area contributed by atoms with Crippen molar-refractivity contribution in [3.8, 4) is 0 Å². The topological polar surface area (TPSA) is 66.6 Å². The second-order valence-electron chi connectivity index (χ2n) is 4.48. The summed E-state index contributed by atoms with van der Waals surface area (Å²) in [5, 5.41) is 9.36. The summed E-state index contributed by atoms with van der Waals surface area (Å²) in [5.74, 6) is 0.102. The molecule has 0 radical (unpaired) electrons. The SMILES string of the molecule is Nc1ccccc1CCC(=O)N1CCC(O)C1. The first-order chi connectivity index (χ1) is 8.16. The summed E-state index contributed by atoms with van der Waals surface area (Å²) in [6.45, 7) is 1.15. The molecule has 1 aromatic rings. The van der Waals surface area contributed by atoms with Gasteiger partial charge in [-0.3, -0.25) is 4.79 Å². The standard InChI is InChI=1S/C13H18N2O2/c14-12-4-2-1-3-10(12)5-6-13(17)15-8-7-11(16)9-15/h1-4,11,16H,5-9,14H2. The molecule has 1 unspecified atom stereocenters. The van der Waals surface area contributed by atoms with Gasteiger partial charge in [-0.1, -0.05) is 18.2 Å². The Morgan fingerprint density at radius 1 is 1.47 bits per heavy atom. The fraction of sp³-hybridized carbons (Fsp3) is 0.462. The van der Waals surface area contributed by atoms with Crippen molar-refractivity contribution in [3.05, 3.63) is 29.8 Å². The predicted molar refractivity (Wildman–Crippen MR) is 66.4 cm³/mol. The van der Waals surface area contributed by atoms with E-state index in [4.69, 9.17) is 5.73 Å². The number of hydrogen-bond acceptors (Lipinski definition) is 3. The molecule has 1 aromatic carbocycles. The molecule has 3 N–H and O–H groups in total. The van der Waals surface area contributed by atoms with Crippen LogP contribution in [0.25, 0.3) is 0 Å². The van der Waals surface area contributed by atoms with Crippen molar-refractivity contribution in [2.75, 3.05) is 18.8 Å². The maximum Gasteiger partial charge on any atom is 0.222 e. The van der Waals surface area contributed by atoms with E-state index in [0.717, 1.165) is 11.3 Å². The van der Waals surface area contributed by atoms with Crippen LogP contribution in [0.2, 0.25) is 0 Å². The van der Waals surface area contributed by atoms with Gasteiger partial charge in [-0.25, -0.2) is 0 Å². The second kappa shape index (κ2) is 5.19. The summed E-state index contributed by atoms with van der Waals surface area (Å²) in [5.41, 5.74) is 7.57. The van der Waals surface area contributed by atoms with Gasteiger partial charge in [-0.2, -0.15) is 0 Å². The molecule has 0 spiro atoms. The van der Waals surface area contributed by atoms with Gasteiger partial charge in [0, 0.05) is 25.2 Å². The van der Waals surface area contributed by atoms with E-state index in [0.29, 0.717) is 32.4 Å². The first-order valence-electron chi connectivity index (χ1n) is 5.96. The lowest BCUT2D eigenvalue weighted by Gasteiger charge is -2.15. The molecule has 1 heterocycles. The van der Waals surface area contributed by atoms with Gasteiger partial charge in [0.05, 0.1) is 6.10 Å². The van der Waals surface area contributed by atoms with E-state index in [1.165, 1.54) is 0 Å². The Balaban J connectivity index is 1.86. The number of aryl methyl sites for hydroxylation is 1. The third-order valence-electron chi connectivity index (χ3n) is 3.18. The van der Waals surface area contributed by atoms with E-state index in [2.05, 4.69) is 0 Å². The summed E-state index contributed by atoms with van der Waals surface area (Å²) in [4.78, 5) is 13.6. The number of nitrogens with two attached hydrogens (primary N) is 1. The van der Waals surface area contributed by atoms with Gasteiger partial charge in [0.15, 0.2) is 0 Å². The number of benzene rings is 1. The molecular weight excluding hydrogens is 216 g/mol. The number of aliphatic hydroxyl groups excluding tert-OH is 1. The van der Waals surface area contributed by atoms with Crippen LogP contribution in [-0.4, -0.2) is 35.1 Å². The Bertz CT molecular complexity index is 406. The number of nitrogens with zero attached hydrogens (tertiary/aromatic N) is 1. The zero-order valence-corrected chi connectivity index (χ0v) is 9.80. The van der Waals surface area contributed by atoms with Crippen molar-refractivity contribution in [2.24, 2.45) is 0 Å². The second-order valence-corrected chi connectivity index (χ2v) is 4.48. The minimum Gasteiger partial charge on any atom is -0.399 e. The smallest absolute Gasteiger partial charge is 0.222 e. The molecule has 0 bridgehead atoms. The Hall–Kier alpha value is -1.55. The monoisotopic (exact) mass is 234 g/mol. The highest BCUT2D eigenvalue weighted by Gasteiger charge is 2.23. The average Bonchev–Trinajstić information content (AvgIpc) is 2.74. The lowest BCUT2D eigenvalue weighted by Crippen LogP contribution is -2.29. The van der Waals surface area contributed by atoms with Crippen LogP contribution in [0.3, 0.4) is 0 Å². The summed E-state index contributed by atoms with van der Waals surface area (Å²) in [7, 11) is 0. The third-order valence-corrected chi connectivity index (χ3v) is 3.18. The summed E-state index contributed by atoms with van der Waals surface area (Å²) in [6, 6.07) is 7.61. The Kier molecular flexibility index (Phi) is 3.64. The van der Waals surface area contributed by atoms with E-state index in [1.54, 1.807) is 4.90 Å². The lowest BCUT2D eigenvalue weighted by atomic mass is 10.1. The van der Waals surface area contributed by atoms with Crippen LogP contribution >= 0.6 is 0 Å². The maximum absolute atomic E-state index is 11.8. The van der Waals surface area contributed by atoms with Crippen molar-refractivity contribution < 1.29 is 9.90 Å². The lowest BCUT2D eigenvalue weighted by molar-refractivity contribution is -0.130. The summed E-state index contributed by atoms with van der Waals surface area (Å²) < 4.78 is 0. The van der Waals surface area contributed by atoms with E-state index in [1.807, 2.05) is 24.3 Å². The first kappa shape index (κ1) is 11.9. The summed E-state index contributed by atoms with van der Waals surface area (Å²) in [6.07, 6.45) is 1.47. The highest BCUT2D eigenvalue weighted by molar-refractivity contribution is 5.77. The molecule has 17 heavy (non-hydrogen) atoms. The number of carbonyl (C=O) groups is 1. The van der Waals surface area contributed by atoms with E-state index >= 15 is 0 Å². The number of β-amino-alcohol motifs (C(OH)–C–C–N with tert-alkyl or cyclic N) is 1. The number of anilines is 1. The van der Waals surface area contributed by atoms with Crippen LogP contribution in [-0.2, 0) is 11.2 Å². The number of rotatable bonds is 3. The van der Waals surface area contributed by atoms with Crippen LogP contribution in [0.5, 0.6) is 0 Å². The number of hydrogen-bond donors (Lipinski definition) is 2. The van der Waals surface area contributed by atoms with E-state index in [9.17, 15) is 9.90 Å². The fourth-order valence-corrected chi connectivity index (χ4v) is 2.13. The van der Waals surface area contributed by atoms with Gasteiger partial charge in [0.1, 0.15) is 0 Å². The van der Waals surface area contributed by atoms with Gasteiger partial charge in [-0.15, -0.1) is 0 Å². The first-order valence-corrected chi connectivity index (χ1v) is 5.96. The van der Waals surface area contributed by atoms with Crippen LogP contribution < -0.4 is 5.73 Å². The van der Waals surface area contributed by atoms with Crippen LogP contribution in [0.1, 0.15) is 18.4 Å². The van der Waals surface area contributed by atoms with Crippen LogP contribution in [0, 0.1) is 0 Å². The zero-order valence-electron chi connectivity index (χ0n) is 9.80. The van der Waals surface area contributed by atoms with Gasteiger partial charge in [0.2, 0.25) is 5.91 Å². The number of nitrogen functional groups attached to an aromatic ring is 1. The van der Waals surface area contributed by atoms with Crippen LogP contribution in [0.4, 0.5) is 5.69 Å². The quantitative estimate of drug-likeness (QED) is 0.760. The Morgan fingerprint density at radius 2 is 2.24 bits per heavy atom. The van der Waals surface area contributed by atoms with Gasteiger partial charge in [-0.05, 0) is 24.5 Å². The number of aliphatic hydroxyl groups is 1. The predicted octanol–water partition coefficient (Wildman–Crippen LogP) is 0.795. The van der Waals surface area contributed by atoms with Crippen molar-refractivity contribution in [1.29, 1.82) is 0 Å². The number of para-hydroxylation sites is 1. The minimum absolute atomic E-state index is 0.102. The van der Waals surface area contributed by atoms with Crippen LogP contribution in [0.15, 0.2) is 24.3 Å². The van der Waals surface area contributed by atoms with Crippen molar-refractivity contribution >= 4 is 11.6 Å². The zero-order chi connectivity index (χ0) is 12.3. The third kappa shape index (κ3) is 2.97. The molecule has 4 nitrogen and oxygen atoms in total. The molecule has 1 fully saturated rings. The molecule has 0 saturated carbocycles. The molecule has 1 atom stereocenters. The summed E-state index contributed by atoms with van der Waals surface area (Å²) >= 11 is 0. The van der Waals surface area contributed by atoms with E-state index in [-0.39, 0.29) is 12.0 Å². The van der Waals surface area contributed by atoms with Crippen molar-refractivity contribution in [3.63, 3.8) is 0 Å². The molecule has 1 aliphatic heterocycles. The molecule has 2 rings (SSSR count). The average molecular weight is 234 g/mol. The van der Waals surface area contributed by atoms with Gasteiger partial charge < -0.3 is 15.7 Å². The molecule has 1 saturated heterocycles. The number of carbonyl (C=O) groups excluding carboxylic acids is 1. The molecule has 92 valence electrons. The molecular formula is C13H18N2O2. The largest absolute Gasteiger partial charge is 0.399 e. The molecule has 1 aliphatic rings. The highest BCUT2D eigenvalue weighted by atomic mass is 16.3. The number of amides is 1. The van der Waals surface area contributed by atoms with Gasteiger partial charge in [0.25, 0.3) is 0 Å². The minimum atomic E-state index is -0.347. The molecule has 0 aliphatic carbocycles. The normalized spacial score (nSPS) is 19.6. The fourth-order valence-electron chi connectivity index (χ4n) is 2.13. The van der Waals surface area contributed by atoms with Crippen molar-refractivity contribution in [1.82, 2.24) is 4.90 Å². The molecule has 1 amide bonds. The Labute approximate surface area is 101 Å². The van der Waals surface area contributed by atoms with E-state index < -0.39 is 0 Å². The Morgan fingerprint density at radius 3 is 2.88 bits per heavy atom. The maximum atomic E-state index is 11.8.